The fraction of sp³-hybridized carbons (Fsp3) is 0.833. The van der Waals surface area contributed by atoms with Crippen molar-refractivity contribution >= 4 is 11.7 Å². The van der Waals surface area contributed by atoms with Gasteiger partial charge in [0.1, 0.15) is 5.41 Å². The molecule has 0 saturated heterocycles. The topological polar surface area (TPSA) is 99.2 Å². The third-order valence-electron chi connectivity index (χ3n) is 3.29. The van der Waals surface area contributed by atoms with Gasteiger partial charge in [0.2, 0.25) is 5.91 Å². The summed E-state index contributed by atoms with van der Waals surface area (Å²) >= 11 is 0. The summed E-state index contributed by atoms with van der Waals surface area (Å²) in [5, 5.41) is 20.8. The van der Waals surface area contributed by atoms with Gasteiger partial charge in [-0.15, -0.1) is 0 Å². The second-order valence-corrected chi connectivity index (χ2v) is 4.54. The van der Waals surface area contributed by atoms with Crippen molar-refractivity contribution < 1.29 is 15.1 Å². The fourth-order valence-corrected chi connectivity index (χ4v) is 1.69. The number of nitrogens with two attached hydrogens (primary N) is 1. The van der Waals surface area contributed by atoms with Crippen LogP contribution in [0.2, 0.25) is 0 Å². The maximum Gasteiger partial charge on any atom is 0.236 e. The first-order valence-corrected chi connectivity index (χ1v) is 6.36. The number of nitrogens with zero attached hydrogens (tertiary/aromatic N) is 2. The van der Waals surface area contributed by atoms with Crippen molar-refractivity contribution in [1.82, 2.24) is 4.90 Å². The van der Waals surface area contributed by atoms with Gasteiger partial charge in [-0.05, 0) is 19.8 Å². The Morgan fingerprint density at radius 2 is 2.00 bits per heavy atom. The second-order valence-electron chi connectivity index (χ2n) is 4.54. The molecule has 0 aromatic rings. The van der Waals surface area contributed by atoms with Crippen LogP contribution in [0, 0.1) is 5.41 Å². The van der Waals surface area contributed by atoms with Crippen LogP contribution in [0.4, 0.5) is 0 Å². The Balaban J connectivity index is 5.01. The highest BCUT2D eigenvalue weighted by Gasteiger charge is 2.39. The normalized spacial score (nSPS) is 15.2. The average molecular weight is 259 g/mol. The van der Waals surface area contributed by atoms with E-state index >= 15 is 0 Å². The average Bonchev–Trinajstić information content (AvgIpc) is 2.40. The summed E-state index contributed by atoms with van der Waals surface area (Å²) in [5.74, 6) is -0.294. The van der Waals surface area contributed by atoms with Crippen molar-refractivity contribution in [3.05, 3.63) is 0 Å². The summed E-state index contributed by atoms with van der Waals surface area (Å²) in [5.41, 5.74) is 4.60. The Morgan fingerprint density at radius 3 is 2.39 bits per heavy atom. The summed E-state index contributed by atoms with van der Waals surface area (Å²) in [6, 6.07) is 0. The number of oxime groups is 1. The van der Waals surface area contributed by atoms with Gasteiger partial charge in [0, 0.05) is 13.1 Å². The maximum absolute atomic E-state index is 12.4. The zero-order chi connectivity index (χ0) is 14.2. The summed E-state index contributed by atoms with van der Waals surface area (Å²) in [6.07, 6.45) is 2.26. The molecule has 0 aliphatic rings. The molecule has 0 bridgehead atoms. The van der Waals surface area contributed by atoms with Crippen LogP contribution in [0.15, 0.2) is 5.16 Å². The molecular weight excluding hydrogens is 234 g/mol. The molecular formula is C12H25N3O3. The molecule has 0 aromatic heterocycles. The van der Waals surface area contributed by atoms with Crippen LogP contribution in [0.25, 0.3) is 0 Å². The van der Waals surface area contributed by atoms with Gasteiger partial charge in [0.25, 0.3) is 0 Å². The lowest BCUT2D eigenvalue weighted by molar-refractivity contribution is -0.138. The van der Waals surface area contributed by atoms with Crippen molar-refractivity contribution in [2.45, 2.75) is 40.0 Å². The number of aliphatic hydroxyl groups excluding tert-OH is 1. The Labute approximate surface area is 108 Å². The first kappa shape index (κ1) is 16.7. The van der Waals surface area contributed by atoms with E-state index in [2.05, 4.69) is 5.16 Å². The van der Waals surface area contributed by atoms with Crippen LogP contribution in [-0.2, 0) is 4.79 Å². The zero-order valence-corrected chi connectivity index (χ0v) is 11.5. The van der Waals surface area contributed by atoms with Gasteiger partial charge in [-0.3, -0.25) is 4.79 Å². The molecule has 1 unspecified atom stereocenters. The van der Waals surface area contributed by atoms with Crippen molar-refractivity contribution in [2.75, 3.05) is 19.7 Å². The molecule has 18 heavy (non-hydrogen) atoms. The molecule has 106 valence electrons. The molecule has 0 spiro atoms. The van der Waals surface area contributed by atoms with E-state index < -0.39 is 5.41 Å². The van der Waals surface area contributed by atoms with Crippen LogP contribution < -0.4 is 5.73 Å². The summed E-state index contributed by atoms with van der Waals surface area (Å²) in [4.78, 5) is 14.0. The smallest absolute Gasteiger partial charge is 0.236 e. The van der Waals surface area contributed by atoms with E-state index in [1.54, 1.807) is 11.8 Å². The van der Waals surface area contributed by atoms with Gasteiger partial charge in [0.15, 0.2) is 5.84 Å². The minimum atomic E-state index is -1.02. The van der Waals surface area contributed by atoms with Gasteiger partial charge >= 0.3 is 0 Å². The molecule has 0 aliphatic heterocycles. The van der Waals surface area contributed by atoms with Crippen LogP contribution >= 0.6 is 0 Å². The van der Waals surface area contributed by atoms with Gasteiger partial charge < -0.3 is 20.9 Å². The monoisotopic (exact) mass is 259 g/mol. The molecule has 1 amide bonds. The first-order valence-electron chi connectivity index (χ1n) is 6.36. The molecule has 0 saturated carbocycles. The zero-order valence-electron chi connectivity index (χ0n) is 11.5. The lowest BCUT2D eigenvalue weighted by atomic mass is 9.84. The second kappa shape index (κ2) is 7.92. The Morgan fingerprint density at radius 1 is 1.39 bits per heavy atom. The van der Waals surface area contributed by atoms with Crippen LogP contribution in [0.5, 0.6) is 0 Å². The highest BCUT2D eigenvalue weighted by atomic mass is 16.4. The fourth-order valence-electron chi connectivity index (χ4n) is 1.69. The van der Waals surface area contributed by atoms with Crippen LogP contribution in [0.3, 0.4) is 0 Å². The molecule has 6 nitrogen and oxygen atoms in total. The highest BCUT2D eigenvalue weighted by molar-refractivity contribution is 6.06. The standard InChI is InChI=1S/C12H25N3O3/c1-4-6-7-15(8-9-16)11(17)12(3,5-2)10(13)14-18/h16,18H,4-9H2,1-3H3,(H2,13,14). The van der Waals surface area contributed by atoms with E-state index in [9.17, 15) is 4.79 Å². The SMILES string of the molecule is CCCCN(CCO)C(=O)C(C)(CC)C(N)=NO. The quantitative estimate of drug-likeness (QED) is 0.259. The van der Waals surface area contributed by atoms with Gasteiger partial charge in [-0.25, -0.2) is 0 Å². The predicted octanol–water partition coefficient (Wildman–Crippen LogP) is 0.770. The number of hydrogen-bond acceptors (Lipinski definition) is 4. The molecule has 0 radical (unpaired) electrons. The maximum atomic E-state index is 12.4. The molecule has 1 atom stereocenters. The summed E-state index contributed by atoms with van der Waals surface area (Å²) < 4.78 is 0. The lowest BCUT2D eigenvalue weighted by Crippen LogP contribution is -2.50. The molecule has 0 rings (SSSR count). The van der Waals surface area contributed by atoms with E-state index in [-0.39, 0.29) is 24.9 Å². The molecule has 0 aromatic carbocycles. The molecule has 4 N–H and O–H groups in total. The van der Waals surface area contributed by atoms with Crippen molar-refractivity contribution in [3.63, 3.8) is 0 Å². The summed E-state index contributed by atoms with van der Waals surface area (Å²) in [7, 11) is 0. The van der Waals surface area contributed by atoms with Gasteiger partial charge in [-0.1, -0.05) is 25.4 Å². The van der Waals surface area contributed by atoms with Gasteiger partial charge in [0.05, 0.1) is 6.61 Å². The van der Waals surface area contributed by atoms with Crippen molar-refractivity contribution in [1.29, 1.82) is 0 Å². The minimum Gasteiger partial charge on any atom is -0.409 e. The number of aliphatic hydroxyl groups is 1. The van der Waals surface area contributed by atoms with E-state index in [0.717, 1.165) is 12.8 Å². The van der Waals surface area contributed by atoms with E-state index in [0.29, 0.717) is 13.0 Å². The molecule has 0 fully saturated rings. The van der Waals surface area contributed by atoms with E-state index in [1.807, 2.05) is 13.8 Å². The Bertz CT molecular complexity index is 294. The third kappa shape index (κ3) is 3.87. The van der Waals surface area contributed by atoms with Crippen molar-refractivity contribution in [2.24, 2.45) is 16.3 Å². The number of carbonyl (C=O) groups excluding carboxylic acids is 1. The Hall–Kier alpha value is -1.30. The number of amidine groups is 1. The first-order chi connectivity index (χ1) is 8.47. The van der Waals surface area contributed by atoms with Crippen LogP contribution in [-0.4, -0.2) is 46.7 Å². The van der Waals surface area contributed by atoms with Crippen molar-refractivity contribution in [3.8, 4) is 0 Å². The number of hydrogen-bond donors (Lipinski definition) is 3. The highest BCUT2D eigenvalue weighted by Crippen LogP contribution is 2.24. The predicted molar refractivity (Wildman–Crippen MR) is 70.4 cm³/mol. The molecule has 0 aliphatic carbocycles. The Kier molecular flexibility index (Phi) is 7.35. The van der Waals surface area contributed by atoms with Crippen LogP contribution in [0.1, 0.15) is 40.0 Å². The minimum absolute atomic E-state index is 0.0885. The number of unbranched alkanes of at least 4 members (excludes halogenated alkanes) is 1. The number of carbonyl (C=O) groups is 1. The summed E-state index contributed by atoms with van der Waals surface area (Å²) in [6.45, 7) is 6.25. The third-order valence-corrected chi connectivity index (χ3v) is 3.29. The van der Waals surface area contributed by atoms with E-state index in [4.69, 9.17) is 16.0 Å². The lowest BCUT2D eigenvalue weighted by Gasteiger charge is -2.32. The largest absolute Gasteiger partial charge is 0.409 e. The van der Waals surface area contributed by atoms with E-state index in [1.165, 1.54) is 0 Å². The molecule has 6 heteroatoms. The number of rotatable bonds is 8. The molecule has 0 heterocycles. The van der Waals surface area contributed by atoms with Gasteiger partial charge in [-0.2, -0.15) is 0 Å². The number of amides is 1.